The van der Waals surface area contributed by atoms with Crippen LogP contribution in [0.3, 0.4) is 0 Å². The molecule has 0 amide bonds. The summed E-state index contributed by atoms with van der Waals surface area (Å²) < 4.78 is 0. The van der Waals surface area contributed by atoms with E-state index in [2.05, 4.69) is 0 Å². The molecule has 4 N–H and O–H groups in total. The molecule has 0 aromatic rings. The van der Waals surface area contributed by atoms with Crippen molar-refractivity contribution < 1.29 is 25.2 Å². The van der Waals surface area contributed by atoms with Crippen LogP contribution in [0.5, 0.6) is 0 Å². The third kappa shape index (κ3) is 2.40. The summed E-state index contributed by atoms with van der Waals surface area (Å²) in [5, 5.41) is 33.5. The molecule has 5 heteroatoms. The van der Waals surface area contributed by atoms with Crippen molar-refractivity contribution in [3.8, 4) is 0 Å². The standard InChI is InChI=1S/C5H10O5/c6-1-3(8)5(10)4(9)2-7/h3-4,6-9H,1-2H2/t3-,4-/m1/s1. The van der Waals surface area contributed by atoms with E-state index >= 15 is 0 Å². The Bertz CT molecular complexity index is 101. The fourth-order valence-electron chi connectivity index (χ4n) is 0.402. The largest absolute Gasteiger partial charge is 0.393 e. The summed E-state index contributed by atoms with van der Waals surface area (Å²) in [4.78, 5) is 10.5. The van der Waals surface area contributed by atoms with Gasteiger partial charge in [0, 0.05) is 0 Å². The van der Waals surface area contributed by atoms with Gasteiger partial charge in [-0.2, -0.15) is 0 Å². The maximum absolute atomic E-state index is 10.5. The van der Waals surface area contributed by atoms with Crippen LogP contribution in [0.25, 0.3) is 0 Å². The predicted molar refractivity (Wildman–Crippen MR) is 31.2 cm³/mol. The molecule has 5 nitrogen and oxygen atoms in total. The molecule has 60 valence electrons. The minimum absolute atomic E-state index is 0.740. The second-order valence-electron chi connectivity index (χ2n) is 1.80. The van der Waals surface area contributed by atoms with Crippen molar-refractivity contribution in [3.05, 3.63) is 0 Å². The minimum atomic E-state index is -1.60. The molecule has 0 bridgehead atoms. The van der Waals surface area contributed by atoms with Crippen molar-refractivity contribution in [2.45, 2.75) is 12.2 Å². The van der Waals surface area contributed by atoms with Crippen LogP contribution in [-0.4, -0.2) is 51.6 Å². The lowest BCUT2D eigenvalue weighted by atomic mass is 10.1. The SMILES string of the molecule is O=C([C@H](O)CO)[C@H](O)CO. The quantitative estimate of drug-likeness (QED) is 0.348. The Hall–Kier alpha value is -0.490. The lowest BCUT2D eigenvalue weighted by Gasteiger charge is -2.08. The molecule has 0 saturated heterocycles. The molecule has 10 heavy (non-hydrogen) atoms. The Kier molecular flexibility index (Phi) is 4.13. The van der Waals surface area contributed by atoms with Gasteiger partial charge in [0.25, 0.3) is 0 Å². The minimum Gasteiger partial charge on any atom is -0.393 e. The van der Waals surface area contributed by atoms with Crippen LogP contribution in [0.4, 0.5) is 0 Å². The molecule has 0 rings (SSSR count). The predicted octanol–water partition coefficient (Wildman–Crippen LogP) is -2.74. The van der Waals surface area contributed by atoms with E-state index in [4.69, 9.17) is 20.4 Å². The fourth-order valence-corrected chi connectivity index (χ4v) is 0.402. The van der Waals surface area contributed by atoms with Gasteiger partial charge < -0.3 is 20.4 Å². The van der Waals surface area contributed by atoms with E-state index in [1.54, 1.807) is 0 Å². The first-order valence-electron chi connectivity index (χ1n) is 2.75. The lowest BCUT2D eigenvalue weighted by molar-refractivity contribution is -0.139. The van der Waals surface area contributed by atoms with Crippen molar-refractivity contribution in [3.63, 3.8) is 0 Å². The number of carbonyl (C=O) groups is 1. The van der Waals surface area contributed by atoms with Gasteiger partial charge in [0.1, 0.15) is 12.2 Å². The Morgan fingerprint density at radius 1 is 1.10 bits per heavy atom. The molecule has 0 aromatic carbocycles. The average Bonchev–Trinajstić information content (AvgIpc) is 2.00. The third-order valence-electron chi connectivity index (χ3n) is 1.00. The van der Waals surface area contributed by atoms with Gasteiger partial charge >= 0.3 is 0 Å². The normalized spacial score (nSPS) is 16.4. The molecule has 0 aliphatic rings. The molecular formula is C5H10O5. The van der Waals surface area contributed by atoms with E-state index in [0.717, 1.165) is 0 Å². The molecule has 2 atom stereocenters. The van der Waals surface area contributed by atoms with Gasteiger partial charge in [0.05, 0.1) is 13.2 Å². The number of rotatable bonds is 4. The van der Waals surface area contributed by atoms with E-state index in [1.165, 1.54) is 0 Å². The Morgan fingerprint density at radius 3 is 1.60 bits per heavy atom. The first-order chi connectivity index (χ1) is 4.63. The molecule has 0 fully saturated rings. The number of aliphatic hydroxyl groups excluding tert-OH is 4. The summed E-state index contributed by atoms with van der Waals surface area (Å²) in [5.41, 5.74) is 0. The second-order valence-corrected chi connectivity index (χ2v) is 1.80. The Labute approximate surface area is 57.5 Å². The van der Waals surface area contributed by atoms with E-state index in [-0.39, 0.29) is 0 Å². The molecule has 0 unspecified atom stereocenters. The number of hydrogen-bond donors (Lipinski definition) is 4. The summed E-state index contributed by atoms with van der Waals surface area (Å²) in [6.45, 7) is -1.48. The number of aliphatic hydroxyl groups is 4. The van der Waals surface area contributed by atoms with Gasteiger partial charge in [-0.1, -0.05) is 0 Å². The van der Waals surface area contributed by atoms with Crippen molar-refractivity contribution in [2.24, 2.45) is 0 Å². The van der Waals surface area contributed by atoms with Crippen LogP contribution < -0.4 is 0 Å². The zero-order chi connectivity index (χ0) is 8.15. The molecule has 0 aliphatic carbocycles. The monoisotopic (exact) mass is 150 g/mol. The molecule has 0 heterocycles. The Balaban J connectivity index is 3.82. The first kappa shape index (κ1) is 9.51. The van der Waals surface area contributed by atoms with Gasteiger partial charge in [-0.25, -0.2) is 0 Å². The highest BCUT2D eigenvalue weighted by atomic mass is 16.3. The second kappa shape index (κ2) is 4.35. The maximum atomic E-state index is 10.5. The van der Waals surface area contributed by atoms with Gasteiger partial charge in [0.15, 0.2) is 5.78 Å². The zero-order valence-electron chi connectivity index (χ0n) is 5.27. The number of ketones is 1. The van der Waals surface area contributed by atoms with Crippen LogP contribution >= 0.6 is 0 Å². The van der Waals surface area contributed by atoms with Gasteiger partial charge in [-0.15, -0.1) is 0 Å². The summed E-state index contributed by atoms with van der Waals surface area (Å²) in [6.07, 6.45) is -3.19. The van der Waals surface area contributed by atoms with Crippen LogP contribution in [0.1, 0.15) is 0 Å². The van der Waals surface area contributed by atoms with Gasteiger partial charge in [0.2, 0.25) is 0 Å². The molecule has 0 aromatic heterocycles. The number of Topliss-reactive ketones (excluding diaryl/α,β-unsaturated/α-hetero) is 1. The summed E-state index contributed by atoms with van der Waals surface area (Å²) in [7, 11) is 0. The summed E-state index contributed by atoms with van der Waals surface area (Å²) in [6, 6.07) is 0. The van der Waals surface area contributed by atoms with E-state index < -0.39 is 31.2 Å². The zero-order valence-corrected chi connectivity index (χ0v) is 5.27. The van der Waals surface area contributed by atoms with E-state index in [9.17, 15) is 4.79 Å². The van der Waals surface area contributed by atoms with E-state index in [1.807, 2.05) is 0 Å². The van der Waals surface area contributed by atoms with Crippen LogP contribution in [0, 0.1) is 0 Å². The van der Waals surface area contributed by atoms with Crippen molar-refractivity contribution in [2.75, 3.05) is 13.2 Å². The highest BCUT2D eigenvalue weighted by Crippen LogP contribution is 1.90. The Morgan fingerprint density at radius 2 is 1.40 bits per heavy atom. The fraction of sp³-hybridized carbons (Fsp3) is 0.800. The number of carbonyl (C=O) groups excluding carboxylic acids is 1. The van der Waals surface area contributed by atoms with Crippen molar-refractivity contribution >= 4 is 5.78 Å². The lowest BCUT2D eigenvalue weighted by Crippen LogP contribution is -2.36. The smallest absolute Gasteiger partial charge is 0.194 e. The molecule has 0 saturated carbocycles. The van der Waals surface area contributed by atoms with Crippen LogP contribution in [0.15, 0.2) is 0 Å². The molecule has 0 aliphatic heterocycles. The summed E-state index contributed by atoms with van der Waals surface area (Å²) >= 11 is 0. The first-order valence-corrected chi connectivity index (χ1v) is 2.75. The maximum Gasteiger partial charge on any atom is 0.194 e. The molecular weight excluding hydrogens is 140 g/mol. The van der Waals surface area contributed by atoms with Crippen molar-refractivity contribution in [1.82, 2.24) is 0 Å². The highest BCUT2D eigenvalue weighted by Gasteiger charge is 2.21. The molecule has 0 radical (unpaired) electrons. The van der Waals surface area contributed by atoms with Crippen LogP contribution in [0.2, 0.25) is 0 Å². The third-order valence-corrected chi connectivity index (χ3v) is 1.00. The highest BCUT2D eigenvalue weighted by molar-refractivity contribution is 5.87. The van der Waals surface area contributed by atoms with Crippen LogP contribution in [-0.2, 0) is 4.79 Å². The number of hydrogen-bond acceptors (Lipinski definition) is 5. The molecule has 0 spiro atoms. The van der Waals surface area contributed by atoms with Crippen molar-refractivity contribution in [1.29, 1.82) is 0 Å². The van der Waals surface area contributed by atoms with Gasteiger partial charge in [-0.3, -0.25) is 4.79 Å². The topological polar surface area (TPSA) is 98.0 Å². The average molecular weight is 150 g/mol. The van der Waals surface area contributed by atoms with E-state index in [0.29, 0.717) is 0 Å². The van der Waals surface area contributed by atoms with Gasteiger partial charge in [-0.05, 0) is 0 Å². The summed E-state index contributed by atoms with van der Waals surface area (Å²) in [5.74, 6) is -0.968.